The standard InChI is InChI=1S/C66H41N7/c1-3-20-42(21-4-1)64-67-56-36-13-15-38-58(56)72(64)46-26-17-24-44(40-46)61-69-62(45-25-18-27-47(41-45)73-59-39-16-14-37-57(59)68-65(73)43-22-5-2-6-23-43)71-63(70-61)51-31-19-35-55-60(51)50-30-9-12-34-54(50)66(55)52-32-10-7-28-48(52)49-29-8-11-33-53(49)66/h1-41H. The Morgan fingerprint density at radius 3 is 1.19 bits per heavy atom. The second-order valence-electron chi connectivity index (χ2n) is 18.8. The second-order valence-corrected chi connectivity index (χ2v) is 18.8. The number of benzene rings is 10. The third-order valence-electron chi connectivity index (χ3n) is 14.8. The summed E-state index contributed by atoms with van der Waals surface area (Å²) in [5, 5.41) is 0. The summed E-state index contributed by atoms with van der Waals surface area (Å²) in [6.07, 6.45) is 0. The SMILES string of the molecule is c1ccc(-c2nc3ccccc3n2-c2cccc(-c3nc(-c4cccc(-n5c(-c6ccccc6)nc6ccccc65)c4)nc(-c4cccc5c4-c4ccccc4C54c5ccccc5-c5ccccc54)n3)c2)cc1. The Labute approximate surface area is 421 Å². The Morgan fingerprint density at radius 1 is 0.274 bits per heavy atom. The van der Waals surface area contributed by atoms with Gasteiger partial charge >= 0.3 is 0 Å². The summed E-state index contributed by atoms with van der Waals surface area (Å²) in [6.45, 7) is 0. The summed E-state index contributed by atoms with van der Waals surface area (Å²) in [6, 6.07) is 87.7. The van der Waals surface area contributed by atoms with E-state index in [1.54, 1.807) is 0 Å². The fourth-order valence-corrected chi connectivity index (χ4v) is 11.8. The lowest BCUT2D eigenvalue weighted by molar-refractivity contribution is 0.794. The van der Waals surface area contributed by atoms with Crippen LogP contribution in [0, 0.1) is 0 Å². The molecule has 0 bridgehead atoms. The van der Waals surface area contributed by atoms with Crippen LogP contribution in [-0.4, -0.2) is 34.1 Å². The fraction of sp³-hybridized carbons (Fsp3) is 0.0152. The quantitative estimate of drug-likeness (QED) is 0.159. The zero-order chi connectivity index (χ0) is 48.0. The van der Waals surface area contributed by atoms with E-state index in [4.69, 9.17) is 24.9 Å². The largest absolute Gasteiger partial charge is 0.292 e. The van der Waals surface area contributed by atoms with E-state index in [-0.39, 0.29) is 0 Å². The van der Waals surface area contributed by atoms with Gasteiger partial charge in [-0.3, -0.25) is 9.13 Å². The molecule has 10 aromatic carbocycles. The molecule has 0 unspecified atom stereocenters. The highest BCUT2D eigenvalue weighted by atomic mass is 15.1. The van der Waals surface area contributed by atoms with Gasteiger partial charge < -0.3 is 0 Å². The average molecular weight is 932 g/mol. The van der Waals surface area contributed by atoms with Gasteiger partial charge in [-0.1, -0.05) is 200 Å². The molecule has 0 saturated carbocycles. The van der Waals surface area contributed by atoms with E-state index in [1.807, 2.05) is 24.3 Å². The van der Waals surface area contributed by atoms with Crippen LogP contribution in [-0.2, 0) is 5.41 Å². The Morgan fingerprint density at radius 2 is 0.658 bits per heavy atom. The Hall–Kier alpha value is -9.85. The number of rotatable bonds is 7. The molecule has 2 aliphatic rings. The first-order valence-corrected chi connectivity index (χ1v) is 24.7. The number of hydrogen-bond donors (Lipinski definition) is 0. The van der Waals surface area contributed by atoms with Crippen LogP contribution in [0.2, 0.25) is 0 Å². The van der Waals surface area contributed by atoms with Crippen LogP contribution in [0.5, 0.6) is 0 Å². The topological polar surface area (TPSA) is 74.3 Å². The molecule has 15 rings (SSSR count). The van der Waals surface area contributed by atoms with E-state index in [9.17, 15) is 0 Å². The minimum atomic E-state index is -0.523. The molecular weight excluding hydrogens is 891 g/mol. The summed E-state index contributed by atoms with van der Waals surface area (Å²) >= 11 is 0. The first kappa shape index (κ1) is 41.0. The van der Waals surface area contributed by atoms with Gasteiger partial charge in [0, 0.05) is 39.2 Å². The number of para-hydroxylation sites is 4. The molecule has 0 saturated heterocycles. The molecule has 3 heterocycles. The van der Waals surface area contributed by atoms with Gasteiger partial charge in [-0.05, 0) is 93.0 Å². The summed E-state index contributed by atoms with van der Waals surface area (Å²) in [7, 11) is 0. The predicted molar refractivity (Wildman–Crippen MR) is 293 cm³/mol. The van der Waals surface area contributed by atoms with Gasteiger partial charge in [0.15, 0.2) is 17.5 Å². The number of nitrogens with zero attached hydrogens (tertiary/aromatic N) is 7. The lowest BCUT2D eigenvalue weighted by Gasteiger charge is -2.30. The van der Waals surface area contributed by atoms with E-state index >= 15 is 0 Å². The third kappa shape index (κ3) is 6.15. The lowest BCUT2D eigenvalue weighted by atomic mass is 9.70. The molecule has 0 fully saturated rings. The van der Waals surface area contributed by atoms with Gasteiger partial charge in [-0.2, -0.15) is 0 Å². The van der Waals surface area contributed by atoms with Crippen molar-refractivity contribution in [1.29, 1.82) is 0 Å². The van der Waals surface area contributed by atoms with Crippen LogP contribution in [0.25, 0.3) is 113 Å². The molecule has 3 aromatic heterocycles. The van der Waals surface area contributed by atoms with Crippen LogP contribution in [0.4, 0.5) is 0 Å². The molecule has 0 atom stereocenters. The molecule has 0 aliphatic heterocycles. The van der Waals surface area contributed by atoms with E-state index in [0.717, 1.165) is 78.5 Å². The highest BCUT2D eigenvalue weighted by molar-refractivity contribution is 5.99. The maximum Gasteiger partial charge on any atom is 0.164 e. The van der Waals surface area contributed by atoms with Crippen LogP contribution >= 0.6 is 0 Å². The van der Waals surface area contributed by atoms with Crippen molar-refractivity contribution in [1.82, 2.24) is 34.1 Å². The maximum absolute atomic E-state index is 5.52. The normalized spacial score (nSPS) is 12.8. The van der Waals surface area contributed by atoms with Crippen molar-refractivity contribution >= 4 is 22.1 Å². The van der Waals surface area contributed by atoms with Crippen molar-refractivity contribution in [2.75, 3.05) is 0 Å². The van der Waals surface area contributed by atoms with Gasteiger partial charge in [0.05, 0.1) is 27.5 Å². The highest BCUT2D eigenvalue weighted by Gasteiger charge is 2.52. The first-order chi connectivity index (χ1) is 36.2. The molecule has 2 aliphatic carbocycles. The number of fused-ring (bicyclic) bond motifs is 12. The van der Waals surface area contributed by atoms with Crippen LogP contribution in [0.1, 0.15) is 22.3 Å². The van der Waals surface area contributed by atoms with Crippen molar-refractivity contribution in [2.45, 2.75) is 5.41 Å². The third-order valence-corrected chi connectivity index (χ3v) is 14.8. The Kier molecular flexibility index (Phi) is 9.04. The minimum Gasteiger partial charge on any atom is -0.292 e. The van der Waals surface area contributed by atoms with E-state index < -0.39 is 5.41 Å². The molecular formula is C66H41N7. The van der Waals surface area contributed by atoms with E-state index in [2.05, 4.69) is 234 Å². The van der Waals surface area contributed by atoms with Crippen LogP contribution < -0.4 is 0 Å². The van der Waals surface area contributed by atoms with Gasteiger partial charge in [0.25, 0.3) is 0 Å². The summed E-state index contributed by atoms with van der Waals surface area (Å²) in [5.74, 6) is 3.43. The molecule has 0 amide bonds. The first-order valence-electron chi connectivity index (χ1n) is 24.7. The van der Waals surface area contributed by atoms with Crippen molar-refractivity contribution in [3.05, 3.63) is 271 Å². The average Bonchev–Trinajstić information content (AvgIpc) is 4.25. The summed E-state index contributed by atoms with van der Waals surface area (Å²) in [4.78, 5) is 26.8. The number of aromatic nitrogens is 7. The highest BCUT2D eigenvalue weighted by Crippen LogP contribution is 2.63. The second kappa shape index (κ2) is 16.1. The molecule has 73 heavy (non-hydrogen) atoms. The maximum atomic E-state index is 5.52. The fourth-order valence-electron chi connectivity index (χ4n) is 11.8. The monoisotopic (exact) mass is 931 g/mol. The van der Waals surface area contributed by atoms with Crippen molar-refractivity contribution in [3.63, 3.8) is 0 Å². The number of imidazole rings is 2. The van der Waals surface area contributed by atoms with Gasteiger partial charge in [0.2, 0.25) is 0 Å². The summed E-state index contributed by atoms with van der Waals surface area (Å²) in [5.41, 5.74) is 19.8. The zero-order valence-electron chi connectivity index (χ0n) is 39.3. The van der Waals surface area contributed by atoms with Gasteiger partial charge in [0.1, 0.15) is 11.6 Å². The van der Waals surface area contributed by atoms with E-state index in [0.29, 0.717) is 17.5 Å². The summed E-state index contributed by atoms with van der Waals surface area (Å²) < 4.78 is 4.47. The zero-order valence-corrected chi connectivity index (χ0v) is 39.3. The van der Waals surface area contributed by atoms with E-state index in [1.165, 1.54) is 38.9 Å². The van der Waals surface area contributed by atoms with Crippen LogP contribution in [0.15, 0.2) is 249 Å². The van der Waals surface area contributed by atoms with Crippen molar-refractivity contribution in [2.24, 2.45) is 0 Å². The Bertz CT molecular complexity index is 4120. The molecule has 7 nitrogen and oxygen atoms in total. The molecule has 0 radical (unpaired) electrons. The molecule has 7 heteroatoms. The molecule has 13 aromatic rings. The van der Waals surface area contributed by atoms with Crippen LogP contribution in [0.3, 0.4) is 0 Å². The lowest BCUT2D eigenvalue weighted by Crippen LogP contribution is -2.25. The smallest absolute Gasteiger partial charge is 0.164 e. The number of hydrogen-bond acceptors (Lipinski definition) is 5. The molecule has 0 N–H and O–H groups in total. The Balaban J connectivity index is 0.968. The minimum absolute atomic E-state index is 0.523. The van der Waals surface area contributed by atoms with Crippen molar-refractivity contribution < 1.29 is 0 Å². The van der Waals surface area contributed by atoms with Gasteiger partial charge in [-0.15, -0.1) is 0 Å². The molecule has 1 spiro atoms. The molecule has 340 valence electrons. The predicted octanol–water partition coefficient (Wildman–Crippen LogP) is 15.2. The van der Waals surface area contributed by atoms with Gasteiger partial charge in [-0.25, -0.2) is 24.9 Å². The van der Waals surface area contributed by atoms with Crippen molar-refractivity contribution in [3.8, 4) is 90.6 Å².